The van der Waals surface area contributed by atoms with Crippen molar-refractivity contribution in [2.24, 2.45) is 10.8 Å². The van der Waals surface area contributed by atoms with Gasteiger partial charge >= 0.3 is 0 Å². The van der Waals surface area contributed by atoms with Crippen LogP contribution >= 0.6 is 0 Å². The van der Waals surface area contributed by atoms with Crippen molar-refractivity contribution >= 4 is 22.7 Å². The Morgan fingerprint density at radius 3 is 1.20 bits per heavy atom. The number of hydrogen-bond donors (Lipinski definition) is 4. The first-order chi connectivity index (χ1) is 26.6. The number of para-hydroxylation sites is 4. The standard InChI is InChI=1S/C50H48N4/c1-3-13-43-39(7-1)27-49(31-51-43)29-41-11-5-9-37-23-33-15-17-34(18-16-33)24-38-10-6-12-42-30-50(28-40-8-2-4-14-44(40)52-32-50)46(54-48(38)42)26-36-21-19-35(20-22-36)25-45(49)53-47(37)41/h1-22,45-46,51-54H,23-32H2. The Kier molecular flexibility index (Phi) is 7.44. The topological polar surface area (TPSA) is 48.1 Å². The highest BCUT2D eigenvalue weighted by atomic mass is 15.0. The van der Waals surface area contributed by atoms with E-state index in [0.29, 0.717) is 12.1 Å². The van der Waals surface area contributed by atoms with Crippen LogP contribution in [-0.2, 0) is 51.4 Å². The summed E-state index contributed by atoms with van der Waals surface area (Å²) >= 11 is 0. The predicted octanol–water partition coefficient (Wildman–Crippen LogP) is 9.65. The number of hydrogen-bond acceptors (Lipinski definition) is 4. The van der Waals surface area contributed by atoms with Gasteiger partial charge in [0.2, 0.25) is 0 Å². The van der Waals surface area contributed by atoms with E-state index in [-0.39, 0.29) is 10.8 Å². The zero-order valence-electron chi connectivity index (χ0n) is 30.9. The summed E-state index contributed by atoms with van der Waals surface area (Å²) in [6.45, 7) is 1.95. The molecule has 6 aromatic carbocycles. The lowest BCUT2D eigenvalue weighted by Crippen LogP contribution is -2.54. The number of anilines is 4. The van der Waals surface area contributed by atoms with E-state index in [9.17, 15) is 0 Å². The first kappa shape index (κ1) is 32.0. The summed E-state index contributed by atoms with van der Waals surface area (Å²) in [7, 11) is 0. The lowest BCUT2D eigenvalue weighted by atomic mass is 9.65. The Labute approximate surface area is 319 Å². The highest BCUT2D eigenvalue weighted by Crippen LogP contribution is 2.48. The van der Waals surface area contributed by atoms with E-state index in [4.69, 9.17) is 0 Å². The van der Waals surface area contributed by atoms with E-state index in [2.05, 4.69) is 155 Å². The summed E-state index contributed by atoms with van der Waals surface area (Å²) in [5, 5.41) is 16.2. The van der Waals surface area contributed by atoms with Crippen LogP contribution in [0.15, 0.2) is 133 Å². The first-order valence-corrected chi connectivity index (χ1v) is 20.1. The number of rotatable bonds is 0. The molecule has 8 aliphatic heterocycles. The molecule has 8 bridgehead atoms. The molecule has 2 spiro atoms. The monoisotopic (exact) mass is 704 g/mol. The van der Waals surface area contributed by atoms with Crippen molar-refractivity contribution in [1.82, 2.24) is 0 Å². The number of benzene rings is 6. The third kappa shape index (κ3) is 5.49. The summed E-state index contributed by atoms with van der Waals surface area (Å²) < 4.78 is 0. The van der Waals surface area contributed by atoms with Gasteiger partial charge in [-0.15, -0.1) is 0 Å². The smallest absolute Gasteiger partial charge is 0.0411 e. The molecule has 268 valence electrons. The van der Waals surface area contributed by atoms with Gasteiger partial charge in [0.1, 0.15) is 0 Å². The molecule has 0 aromatic heterocycles. The van der Waals surface area contributed by atoms with E-state index in [0.717, 1.165) is 64.5 Å². The molecule has 4 N–H and O–H groups in total. The third-order valence-corrected chi connectivity index (χ3v) is 13.8. The molecule has 0 amide bonds. The molecule has 4 nitrogen and oxygen atoms in total. The average molecular weight is 705 g/mol. The van der Waals surface area contributed by atoms with Gasteiger partial charge in [-0.25, -0.2) is 0 Å². The highest BCUT2D eigenvalue weighted by molar-refractivity contribution is 5.66. The largest absolute Gasteiger partial charge is 0.384 e. The fraction of sp³-hybridized carbons (Fsp3) is 0.280. The van der Waals surface area contributed by atoms with Crippen molar-refractivity contribution in [3.8, 4) is 0 Å². The SMILES string of the molecule is c1ccc2c(c1)CC1(CN2)Cc2cccc3c2NC1Cc1ccc(cc1)CC1Nc2c(cccc2CC12CNc1ccccc1C2)Cc1ccc(cc1)C3. The van der Waals surface area contributed by atoms with E-state index >= 15 is 0 Å². The van der Waals surface area contributed by atoms with Gasteiger partial charge < -0.3 is 21.3 Å². The Bertz CT molecular complexity index is 2210. The summed E-state index contributed by atoms with van der Waals surface area (Å²) in [5.41, 5.74) is 19.6. The van der Waals surface area contributed by atoms with Crippen LogP contribution in [0.1, 0.15) is 55.6 Å². The van der Waals surface area contributed by atoms with Crippen LogP contribution in [0.4, 0.5) is 22.7 Å². The van der Waals surface area contributed by atoms with Gasteiger partial charge in [0, 0.05) is 58.8 Å². The molecule has 0 fully saturated rings. The second-order valence-electron chi connectivity index (χ2n) is 17.1. The molecule has 0 saturated carbocycles. The van der Waals surface area contributed by atoms with Gasteiger partial charge in [-0.2, -0.15) is 0 Å². The first-order valence-electron chi connectivity index (χ1n) is 20.1. The Morgan fingerprint density at radius 2 is 0.741 bits per heavy atom. The van der Waals surface area contributed by atoms with Crippen molar-refractivity contribution in [3.05, 3.63) is 189 Å². The predicted molar refractivity (Wildman–Crippen MR) is 223 cm³/mol. The Balaban J connectivity index is 1.01. The van der Waals surface area contributed by atoms with Gasteiger partial charge in [-0.1, -0.05) is 121 Å². The zero-order chi connectivity index (χ0) is 35.7. The van der Waals surface area contributed by atoms with Gasteiger partial charge in [0.25, 0.3) is 0 Å². The molecule has 0 aliphatic carbocycles. The minimum Gasteiger partial charge on any atom is -0.384 e. The molecule has 4 heteroatoms. The lowest BCUT2D eigenvalue weighted by molar-refractivity contribution is 0.233. The number of nitrogens with one attached hydrogen (secondary N) is 4. The van der Waals surface area contributed by atoms with E-state index in [1.54, 1.807) is 0 Å². The molecule has 54 heavy (non-hydrogen) atoms. The summed E-state index contributed by atoms with van der Waals surface area (Å²) in [5.74, 6) is 0. The normalized spacial score (nSPS) is 24.7. The number of fused-ring (bicyclic) bond motifs is 2. The molecule has 4 unspecified atom stereocenters. The molecule has 6 aromatic rings. The minimum atomic E-state index is 0.0745. The van der Waals surface area contributed by atoms with Gasteiger partial charge in [-0.3, -0.25) is 0 Å². The third-order valence-electron chi connectivity index (χ3n) is 13.8. The zero-order valence-corrected chi connectivity index (χ0v) is 30.9. The van der Waals surface area contributed by atoms with Crippen LogP contribution in [0, 0.1) is 10.8 Å². The van der Waals surface area contributed by atoms with Crippen LogP contribution in [0.25, 0.3) is 0 Å². The molecule has 8 aliphatic rings. The fourth-order valence-corrected chi connectivity index (χ4v) is 10.8. The van der Waals surface area contributed by atoms with Crippen LogP contribution < -0.4 is 21.3 Å². The van der Waals surface area contributed by atoms with E-state index in [1.165, 1.54) is 78.4 Å². The van der Waals surface area contributed by atoms with Crippen molar-refractivity contribution in [1.29, 1.82) is 0 Å². The van der Waals surface area contributed by atoms with Crippen LogP contribution in [-0.4, -0.2) is 25.2 Å². The molecule has 0 saturated heterocycles. The molecule has 8 heterocycles. The second-order valence-corrected chi connectivity index (χ2v) is 17.1. The van der Waals surface area contributed by atoms with E-state index < -0.39 is 0 Å². The Hall–Kier alpha value is -5.48. The second kappa shape index (κ2) is 12.6. The van der Waals surface area contributed by atoms with Crippen LogP contribution in [0.2, 0.25) is 0 Å². The average Bonchev–Trinajstić information content (AvgIpc) is 3.20. The summed E-state index contributed by atoms with van der Waals surface area (Å²) in [6.07, 6.45) is 8.14. The maximum atomic E-state index is 4.23. The molecular weight excluding hydrogens is 657 g/mol. The molecule has 14 rings (SSSR count). The quantitative estimate of drug-likeness (QED) is 0.127. The maximum absolute atomic E-state index is 4.23. The van der Waals surface area contributed by atoms with Gasteiger partial charge in [-0.05, 0) is 119 Å². The van der Waals surface area contributed by atoms with Crippen LogP contribution in [0.3, 0.4) is 0 Å². The minimum absolute atomic E-state index is 0.0745. The summed E-state index contributed by atoms with van der Waals surface area (Å²) in [6, 6.07) is 51.6. The molecule has 0 radical (unpaired) electrons. The fourth-order valence-electron chi connectivity index (χ4n) is 10.8. The van der Waals surface area contributed by atoms with Crippen molar-refractivity contribution < 1.29 is 0 Å². The van der Waals surface area contributed by atoms with Crippen LogP contribution in [0.5, 0.6) is 0 Å². The lowest BCUT2D eigenvalue weighted by Gasteiger charge is -2.49. The van der Waals surface area contributed by atoms with Crippen molar-refractivity contribution in [2.45, 2.75) is 63.5 Å². The Morgan fingerprint density at radius 1 is 0.370 bits per heavy atom. The van der Waals surface area contributed by atoms with E-state index in [1.807, 2.05) is 0 Å². The highest BCUT2D eigenvalue weighted by Gasteiger charge is 2.47. The summed E-state index contributed by atoms with van der Waals surface area (Å²) in [4.78, 5) is 0. The molecule has 4 atom stereocenters. The van der Waals surface area contributed by atoms with Crippen molar-refractivity contribution in [3.63, 3.8) is 0 Å². The maximum Gasteiger partial charge on any atom is 0.0411 e. The van der Waals surface area contributed by atoms with Gasteiger partial charge in [0.05, 0.1) is 0 Å². The van der Waals surface area contributed by atoms with Gasteiger partial charge in [0.15, 0.2) is 0 Å². The molecular formula is C50H48N4. The van der Waals surface area contributed by atoms with Crippen molar-refractivity contribution in [2.75, 3.05) is 34.4 Å².